The largest absolute Gasteiger partial charge is 0.489 e. The van der Waals surface area contributed by atoms with Crippen LogP contribution in [0.4, 0.5) is 0 Å². The van der Waals surface area contributed by atoms with Crippen LogP contribution in [-0.4, -0.2) is 19.8 Å². The molecule has 2 rings (SSSR count). The Bertz CT molecular complexity index is 419. The van der Waals surface area contributed by atoms with Crippen molar-refractivity contribution < 1.29 is 9.47 Å². The van der Waals surface area contributed by atoms with Gasteiger partial charge >= 0.3 is 0 Å². The highest BCUT2D eigenvalue weighted by molar-refractivity contribution is 5.44. The van der Waals surface area contributed by atoms with Crippen LogP contribution < -0.4 is 14.8 Å². The van der Waals surface area contributed by atoms with Gasteiger partial charge in [-0.25, -0.2) is 0 Å². The Kier molecular flexibility index (Phi) is 5.72. The van der Waals surface area contributed by atoms with Gasteiger partial charge in [-0.15, -0.1) is 0 Å². The molecule has 2 unspecified atom stereocenters. The molecule has 0 spiro atoms. The fourth-order valence-electron chi connectivity index (χ4n) is 2.53. The second kappa shape index (κ2) is 7.53. The molecule has 1 aromatic rings. The first kappa shape index (κ1) is 15.2. The van der Waals surface area contributed by atoms with Crippen LogP contribution in [0.1, 0.15) is 51.6 Å². The average molecular weight is 277 g/mol. The van der Waals surface area contributed by atoms with Crippen molar-refractivity contribution in [3.63, 3.8) is 0 Å². The first-order valence-corrected chi connectivity index (χ1v) is 7.87. The Labute approximate surface area is 122 Å². The minimum Gasteiger partial charge on any atom is -0.489 e. The number of unbranched alkanes of at least 4 members (excludes halogenated alkanes) is 1. The van der Waals surface area contributed by atoms with Crippen LogP contribution in [0.25, 0.3) is 0 Å². The molecule has 1 N–H and O–H groups in total. The van der Waals surface area contributed by atoms with E-state index in [-0.39, 0.29) is 0 Å². The molecule has 3 heteroatoms. The highest BCUT2D eigenvalue weighted by Gasteiger charge is 2.17. The predicted octanol–water partition coefficient (Wildman–Crippen LogP) is 3.93. The summed E-state index contributed by atoms with van der Waals surface area (Å²) in [5.74, 6) is 2.21. The number of nitrogens with one attached hydrogen (secondary N) is 1. The summed E-state index contributed by atoms with van der Waals surface area (Å²) in [4.78, 5) is 0. The van der Waals surface area contributed by atoms with Crippen molar-refractivity contribution in [2.24, 2.45) is 5.92 Å². The zero-order valence-electron chi connectivity index (χ0n) is 12.9. The smallest absolute Gasteiger partial charge is 0.161 e. The van der Waals surface area contributed by atoms with Gasteiger partial charge in [0.25, 0.3) is 0 Å². The summed E-state index contributed by atoms with van der Waals surface area (Å²) in [6.45, 7) is 8.99. The van der Waals surface area contributed by atoms with Crippen molar-refractivity contribution >= 4 is 0 Å². The Morgan fingerprint density at radius 2 is 1.95 bits per heavy atom. The summed E-state index contributed by atoms with van der Waals surface area (Å²) in [5.41, 5.74) is 1.30. The van der Waals surface area contributed by atoms with E-state index >= 15 is 0 Å². The van der Waals surface area contributed by atoms with E-state index in [9.17, 15) is 0 Å². The third-order valence-corrected chi connectivity index (χ3v) is 3.71. The predicted molar refractivity (Wildman–Crippen MR) is 82.5 cm³/mol. The molecule has 0 bridgehead atoms. The molecule has 1 aliphatic heterocycles. The van der Waals surface area contributed by atoms with E-state index in [0.717, 1.165) is 31.3 Å². The van der Waals surface area contributed by atoms with Gasteiger partial charge in [0.15, 0.2) is 11.5 Å². The summed E-state index contributed by atoms with van der Waals surface area (Å²) in [6, 6.07) is 6.78. The van der Waals surface area contributed by atoms with Gasteiger partial charge in [-0.2, -0.15) is 0 Å². The third-order valence-electron chi connectivity index (χ3n) is 3.71. The van der Waals surface area contributed by atoms with Crippen molar-refractivity contribution in [2.45, 2.75) is 46.1 Å². The van der Waals surface area contributed by atoms with E-state index in [2.05, 4.69) is 44.3 Å². The Balaban J connectivity index is 2.15. The molecule has 1 aliphatic rings. The average Bonchev–Trinajstić information content (AvgIpc) is 2.65. The van der Waals surface area contributed by atoms with Gasteiger partial charge in [0, 0.05) is 12.0 Å². The standard InChI is InChI=1S/C17H27NO2/c1-4-6-7-15(18-5-2)14-8-9-16-17(10-14)20-12-13(3)11-19-16/h8-10,13,15,18H,4-7,11-12H2,1-3H3. The van der Waals surface area contributed by atoms with Gasteiger partial charge in [0.2, 0.25) is 0 Å². The van der Waals surface area contributed by atoms with Crippen molar-refractivity contribution in [3.8, 4) is 11.5 Å². The van der Waals surface area contributed by atoms with Gasteiger partial charge in [-0.05, 0) is 30.7 Å². The summed E-state index contributed by atoms with van der Waals surface area (Å²) in [7, 11) is 0. The van der Waals surface area contributed by atoms with Gasteiger partial charge in [0.1, 0.15) is 0 Å². The monoisotopic (exact) mass is 277 g/mol. The fraction of sp³-hybridized carbons (Fsp3) is 0.647. The maximum atomic E-state index is 5.88. The van der Waals surface area contributed by atoms with E-state index in [4.69, 9.17) is 9.47 Å². The molecule has 3 nitrogen and oxygen atoms in total. The van der Waals surface area contributed by atoms with Gasteiger partial charge < -0.3 is 14.8 Å². The SMILES string of the molecule is CCCCC(NCC)c1ccc2c(c1)OCC(C)CO2. The number of rotatable bonds is 6. The molecule has 2 atom stereocenters. The lowest BCUT2D eigenvalue weighted by Crippen LogP contribution is -2.20. The molecule has 0 saturated carbocycles. The number of benzene rings is 1. The number of hydrogen-bond donors (Lipinski definition) is 1. The first-order chi connectivity index (χ1) is 9.74. The minimum atomic E-state index is 0.412. The molecular formula is C17H27NO2. The summed E-state index contributed by atoms with van der Waals surface area (Å²) in [5, 5.41) is 3.57. The normalized spacial score (nSPS) is 19.4. The maximum Gasteiger partial charge on any atom is 0.161 e. The maximum absolute atomic E-state index is 5.88. The number of ether oxygens (including phenoxy) is 2. The van der Waals surface area contributed by atoms with Crippen LogP contribution >= 0.6 is 0 Å². The molecule has 0 amide bonds. The van der Waals surface area contributed by atoms with E-state index in [1.54, 1.807) is 0 Å². The minimum absolute atomic E-state index is 0.412. The van der Waals surface area contributed by atoms with E-state index in [1.165, 1.54) is 24.8 Å². The van der Waals surface area contributed by atoms with Crippen molar-refractivity contribution in [1.82, 2.24) is 5.32 Å². The zero-order valence-corrected chi connectivity index (χ0v) is 12.9. The number of hydrogen-bond acceptors (Lipinski definition) is 3. The quantitative estimate of drug-likeness (QED) is 0.854. The topological polar surface area (TPSA) is 30.5 Å². The van der Waals surface area contributed by atoms with Crippen molar-refractivity contribution in [3.05, 3.63) is 23.8 Å². The van der Waals surface area contributed by atoms with Gasteiger partial charge in [-0.3, -0.25) is 0 Å². The first-order valence-electron chi connectivity index (χ1n) is 7.87. The Hall–Kier alpha value is -1.22. The zero-order chi connectivity index (χ0) is 14.4. The lowest BCUT2D eigenvalue weighted by molar-refractivity contribution is 0.228. The summed E-state index contributed by atoms with van der Waals surface area (Å²) in [6.07, 6.45) is 3.63. The van der Waals surface area contributed by atoms with E-state index in [0.29, 0.717) is 12.0 Å². The molecule has 1 aromatic carbocycles. The fourth-order valence-corrected chi connectivity index (χ4v) is 2.53. The van der Waals surface area contributed by atoms with E-state index in [1.807, 2.05) is 0 Å². The third kappa shape index (κ3) is 3.89. The summed E-state index contributed by atoms with van der Waals surface area (Å²) < 4.78 is 11.7. The molecule has 0 fully saturated rings. The molecular weight excluding hydrogens is 250 g/mol. The summed E-state index contributed by atoms with van der Waals surface area (Å²) >= 11 is 0. The number of fused-ring (bicyclic) bond motifs is 1. The van der Waals surface area contributed by atoms with Crippen LogP contribution in [0.15, 0.2) is 18.2 Å². The highest BCUT2D eigenvalue weighted by Crippen LogP contribution is 2.34. The Morgan fingerprint density at radius 1 is 1.20 bits per heavy atom. The second-order valence-corrected chi connectivity index (χ2v) is 5.69. The van der Waals surface area contributed by atoms with Crippen LogP contribution in [-0.2, 0) is 0 Å². The Morgan fingerprint density at radius 3 is 2.65 bits per heavy atom. The van der Waals surface area contributed by atoms with Gasteiger partial charge in [-0.1, -0.05) is 39.7 Å². The molecule has 0 radical (unpaired) electrons. The van der Waals surface area contributed by atoms with Crippen LogP contribution in [0.3, 0.4) is 0 Å². The molecule has 112 valence electrons. The molecule has 20 heavy (non-hydrogen) atoms. The molecule has 0 aromatic heterocycles. The van der Waals surface area contributed by atoms with Crippen molar-refractivity contribution in [1.29, 1.82) is 0 Å². The van der Waals surface area contributed by atoms with Crippen molar-refractivity contribution in [2.75, 3.05) is 19.8 Å². The lowest BCUT2D eigenvalue weighted by Gasteiger charge is -2.19. The lowest BCUT2D eigenvalue weighted by atomic mass is 10.0. The second-order valence-electron chi connectivity index (χ2n) is 5.69. The van der Waals surface area contributed by atoms with Crippen LogP contribution in [0, 0.1) is 5.92 Å². The van der Waals surface area contributed by atoms with Gasteiger partial charge in [0.05, 0.1) is 13.2 Å². The van der Waals surface area contributed by atoms with Crippen LogP contribution in [0.5, 0.6) is 11.5 Å². The van der Waals surface area contributed by atoms with Crippen LogP contribution in [0.2, 0.25) is 0 Å². The van der Waals surface area contributed by atoms with E-state index < -0.39 is 0 Å². The molecule has 0 aliphatic carbocycles. The highest BCUT2D eigenvalue weighted by atomic mass is 16.5. The molecule has 0 saturated heterocycles. The molecule has 1 heterocycles.